The van der Waals surface area contributed by atoms with E-state index in [0.29, 0.717) is 0 Å². The Labute approximate surface area is 232 Å². The quantitative estimate of drug-likeness (QED) is 0.129. The molecule has 0 atom stereocenters. The van der Waals surface area contributed by atoms with E-state index >= 15 is 0 Å². The first kappa shape index (κ1) is 28.2. The minimum atomic E-state index is 0. The Hall–Kier alpha value is -3.37. The Balaban J connectivity index is 0.00000380. The highest BCUT2D eigenvalue weighted by Gasteiger charge is 2.07. The van der Waals surface area contributed by atoms with Crippen LogP contribution in [-0.2, 0) is 20.6 Å². The van der Waals surface area contributed by atoms with Crippen molar-refractivity contribution < 1.29 is 21.5 Å². The third kappa shape index (κ3) is 7.56. The van der Waals surface area contributed by atoms with Crippen LogP contribution in [0.15, 0.2) is 87.7 Å². The van der Waals surface area contributed by atoms with E-state index in [-0.39, 0.29) is 17.0 Å². The van der Waals surface area contributed by atoms with E-state index in [4.69, 9.17) is 0 Å². The van der Waals surface area contributed by atoms with Gasteiger partial charge in [0.05, 0.1) is 31.2 Å². The van der Waals surface area contributed by atoms with Crippen molar-refractivity contribution in [1.82, 2.24) is 9.13 Å². The highest BCUT2D eigenvalue weighted by molar-refractivity contribution is 7.09. The van der Waals surface area contributed by atoms with Gasteiger partial charge < -0.3 is 26.4 Å². The van der Waals surface area contributed by atoms with Gasteiger partial charge in [-0.25, -0.2) is 9.13 Å². The second-order valence-electron chi connectivity index (χ2n) is 8.63. The molecule has 0 fully saturated rings. The Bertz CT molecular complexity index is 1410. The summed E-state index contributed by atoms with van der Waals surface area (Å²) in [6, 6.07) is 16.0. The monoisotopic (exact) mass is 580 g/mol. The number of benzene rings is 2. The highest BCUT2D eigenvalue weighted by atomic mass is 79.9. The maximum absolute atomic E-state index is 4.40. The maximum Gasteiger partial charge on any atom is 0.243 e. The molecule has 0 spiro atoms. The lowest BCUT2D eigenvalue weighted by atomic mass is 10.2. The lowest BCUT2D eigenvalue weighted by Crippen LogP contribution is -3.00. The summed E-state index contributed by atoms with van der Waals surface area (Å²) in [4.78, 5) is 4.49. The molecule has 0 N–H and O–H groups in total. The first-order chi connectivity index (χ1) is 17.4. The number of hydrogen-bond acceptors (Lipinski definition) is 6. The van der Waals surface area contributed by atoms with Gasteiger partial charge in [-0.3, -0.25) is 0 Å². The summed E-state index contributed by atoms with van der Waals surface area (Å²) in [6.07, 6.45) is 8.00. The number of rotatable bonds is 9. The molecule has 2 heterocycles. The number of anilines is 1. The fraction of sp³-hybridized carbons (Fsp3) is 0.296. The van der Waals surface area contributed by atoms with Crippen molar-refractivity contribution in [2.75, 3.05) is 18.0 Å². The molecule has 0 unspecified atom stereocenters. The van der Waals surface area contributed by atoms with Gasteiger partial charge in [0.15, 0.2) is 0 Å². The van der Waals surface area contributed by atoms with Gasteiger partial charge >= 0.3 is 0 Å². The van der Waals surface area contributed by atoms with Gasteiger partial charge in [0.2, 0.25) is 11.1 Å². The summed E-state index contributed by atoms with van der Waals surface area (Å²) in [5.41, 5.74) is 4.97. The molecule has 10 heteroatoms. The molecular formula is C27H33BrN8S. The van der Waals surface area contributed by atoms with Crippen LogP contribution in [-0.4, -0.2) is 28.4 Å². The standard InChI is InChI=1S/C27H33N8S.BrH/c1-6-35(18-17-34-16-15-32(4)20-34)26-13-11-25(12-14-26)30-29-24-9-7-23(8-10-24)19-28-31-27-33(5)21(2)22(3)36-27;/h7-16,19-20H,6,17-18H2,1-5H3;1H/q+1;/p-1. The van der Waals surface area contributed by atoms with Gasteiger partial charge in [-0.1, -0.05) is 12.1 Å². The number of aryl methyl sites for hydroxylation is 2. The number of hydrogen-bond donors (Lipinski definition) is 0. The predicted molar refractivity (Wildman–Crippen MR) is 146 cm³/mol. The molecular weight excluding hydrogens is 548 g/mol. The summed E-state index contributed by atoms with van der Waals surface area (Å²) in [5.74, 6) is 0. The van der Waals surface area contributed by atoms with Crippen LogP contribution in [0.1, 0.15) is 23.1 Å². The van der Waals surface area contributed by atoms with E-state index in [9.17, 15) is 0 Å². The number of thiazole rings is 1. The Morgan fingerprint density at radius 3 is 2.16 bits per heavy atom. The van der Waals surface area contributed by atoms with E-state index < -0.39 is 0 Å². The van der Waals surface area contributed by atoms with Gasteiger partial charge in [-0.15, -0.1) is 16.4 Å². The van der Waals surface area contributed by atoms with Gasteiger partial charge in [0, 0.05) is 29.9 Å². The summed E-state index contributed by atoms with van der Waals surface area (Å²) >= 11 is 1.64. The van der Waals surface area contributed by atoms with E-state index in [0.717, 1.165) is 41.4 Å². The fourth-order valence-corrected chi connectivity index (χ4v) is 4.62. The second-order valence-corrected chi connectivity index (χ2v) is 9.82. The normalized spacial score (nSPS) is 12.0. The van der Waals surface area contributed by atoms with Gasteiger partial charge in [0.25, 0.3) is 0 Å². The van der Waals surface area contributed by atoms with E-state index in [2.05, 4.69) is 90.7 Å². The Kier molecular flexibility index (Phi) is 10.1. The molecule has 194 valence electrons. The van der Waals surface area contributed by atoms with Crippen molar-refractivity contribution >= 4 is 34.6 Å². The van der Waals surface area contributed by atoms with Crippen LogP contribution in [0, 0.1) is 13.8 Å². The minimum Gasteiger partial charge on any atom is -1.00 e. The number of halogens is 1. The smallest absolute Gasteiger partial charge is 0.243 e. The number of imidazole rings is 1. The zero-order chi connectivity index (χ0) is 25.5. The van der Waals surface area contributed by atoms with Gasteiger partial charge in [-0.2, -0.15) is 15.3 Å². The number of nitrogens with zero attached hydrogens (tertiary/aromatic N) is 8. The van der Waals surface area contributed by atoms with Crippen LogP contribution in [0.25, 0.3) is 0 Å². The van der Waals surface area contributed by atoms with Crippen LogP contribution >= 0.6 is 11.3 Å². The first-order valence-electron chi connectivity index (χ1n) is 12.0. The van der Waals surface area contributed by atoms with E-state index in [1.165, 1.54) is 16.3 Å². The van der Waals surface area contributed by atoms with E-state index in [1.807, 2.05) is 50.5 Å². The molecule has 0 saturated carbocycles. The third-order valence-corrected chi connectivity index (χ3v) is 7.26. The summed E-state index contributed by atoms with van der Waals surface area (Å²) in [7, 11) is 4.04. The van der Waals surface area contributed by atoms with Crippen LogP contribution in [0.5, 0.6) is 0 Å². The molecule has 0 aliphatic carbocycles. The first-order valence-corrected chi connectivity index (χ1v) is 12.8. The molecule has 37 heavy (non-hydrogen) atoms. The van der Waals surface area contributed by atoms with Crippen molar-refractivity contribution in [3.63, 3.8) is 0 Å². The number of aromatic nitrogens is 3. The largest absolute Gasteiger partial charge is 1.00 e. The maximum atomic E-state index is 4.40. The molecule has 4 aromatic rings. The zero-order valence-corrected chi connectivity index (χ0v) is 24.3. The van der Waals surface area contributed by atoms with Crippen molar-refractivity contribution in [3.8, 4) is 0 Å². The lowest BCUT2D eigenvalue weighted by Gasteiger charge is -2.22. The molecule has 2 aromatic carbocycles. The molecule has 0 bridgehead atoms. The summed E-state index contributed by atoms with van der Waals surface area (Å²) in [5, 5.41) is 17.4. The average molecular weight is 582 g/mol. The minimum absolute atomic E-state index is 0. The zero-order valence-electron chi connectivity index (χ0n) is 21.9. The van der Waals surface area contributed by atoms with Crippen molar-refractivity contribution in [2.45, 2.75) is 27.3 Å². The third-order valence-electron chi connectivity index (χ3n) is 6.12. The highest BCUT2D eigenvalue weighted by Crippen LogP contribution is 2.22. The SMILES string of the molecule is CCN(CC[n+]1ccn(C)c1)c1ccc(N=Nc2ccc(C=NN=c3sc(C)c(C)n3C)cc2)cc1.[Br-]. The van der Waals surface area contributed by atoms with E-state index in [1.54, 1.807) is 17.6 Å². The summed E-state index contributed by atoms with van der Waals surface area (Å²) < 4.78 is 6.31. The van der Waals surface area contributed by atoms with Crippen molar-refractivity contribution in [2.24, 2.45) is 34.5 Å². The lowest BCUT2D eigenvalue weighted by molar-refractivity contribution is -0.693. The molecule has 0 radical (unpaired) electrons. The number of likely N-dealkylation sites (N-methyl/N-ethyl adjacent to an activating group) is 1. The Morgan fingerprint density at radius 1 is 0.973 bits per heavy atom. The van der Waals surface area contributed by atoms with Crippen LogP contribution in [0.4, 0.5) is 17.1 Å². The molecule has 0 amide bonds. The average Bonchev–Trinajstić information content (AvgIpc) is 3.42. The summed E-state index contributed by atoms with van der Waals surface area (Å²) in [6.45, 7) is 9.19. The van der Waals surface area contributed by atoms with Crippen LogP contribution in [0.2, 0.25) is 0 Å². The predicted octanol–water partition coefficient (Wildman–Crippen LogP) is 2.21. The molecule has 4 rings (SSSR count). The fourth-order valence-electron chi connectivity index (χ4n) is 3.70. The topological polar surface area (TPSA) is 66.4 Å². The molecule has 8 nitrogen and oxygen atoms in total. The van der Waals surface area contributed by atoms with Gasteiger partial charge in [0.1, 0.15) is 18.9 Å². The molecule has 2 aromatic heterocycles. The van der Waals surface area contributed by atoms with Crippen LogP contribution in [0.3, 0.4) is 0 Å². The molecule has 0 aliphatic rings. The van der Waals surface area contributed by atoms with Crippen LogP contribution < -0.4 is 31.2 Å². The van der Waals surface area contributed by atoms with Crippen molar-refractivity contribution in [1.29, 1.82) is 0 Å². The Morgan fingerprint density at radius 2 is 1.62 bits per heavy atom. The van der Waals surface area contributed by atoms with Crippen molar-refractivity contribution in [3.05, 3.63) is 88.2 Å². The second kappa shape index (κ2) is 13.3. The molecule has 0 aliphatic heterocycles. The molecule has 0 saturated heterocycles. The van der Waals surface area contributed by atoms with Gasteiger partial charge in [-0.05, 0) is 62.7 Å². The number of azo groups is 1.